The molecule has 1 saturated heterocycles. The zero-order chi connectivity index (χ0) is 19.3. The van der Waals surface area contributed by atoms with Crippen LogP contribution in [0.25, 0.3) is 11.0 Å². The Kier molecular flexibility index (Phi) is 4.19. The molecule has 3 aliphatic rings. The van der Waals surface area contributed by atoms with Crippen LogP contribution in [0.1, 0.15) is 37.3 Å². The maximum atomic E-state index is 13.0. The van der Waals surface area contributed by atoms with E-state index in [0.29, 0.717) is 12.1 Å². The zero-order valence-corrected chi connectivity index (χ0v) is 15.5. The van der Waals surface area contributed by atoms with Crippen LogP contribution in [0, 0.1) is 5.92 Å². The number of aliphatic hydroxyl groups excluding tert-OH is 1. The number of hydrogen-bond acceptors (Lipinski definition) is 5. The molecule has 28 heavy (non-hydrogen) atoms. The summed E-state index contributed by atoms with van der Waals surface area (Å²) >= 11 is 0. The molecule has 1 aliphatic carbocycles. The minimum absolute atomic E-state index is 0.0322. The molecule has 0 spiro atoms. The lowest BCUT2D eigenvalue weighted by atomic mass is 9.85. The molecule has 1 aromatic heterocycles. The van der Waals surface area contributed by atoms with Crippen molar-refractivity contribution in [1.82, 2.24) is 10.2 Å². The number of furan rings is 1. The fourth-order valence-corrected chi connectivity index (χ4v) is 5.15. The lowest BCUT2D eigenvalue weighted by Crippen LogP contribution is -2.51. The van der Waals surface area contributed by atoms with Crippen LogP contribution in [-0.2, 0) is 9.59 Å². The second-order valence-electron chi connectivity index (χ2n) is 7.83. The minimum Gasteiger partial charge on any atom is -0.464 e. The van der Waals surface area contributed by atoms with Crippen molar-refractivity contribution in [1.29, 1.82) is 0 Å². The van der Waals surface area contributed by atoms with E-state index in [2.05, 4.69) is 5.32 Å². The first kappa shape index (κ1) is 17.4. The van der Waals surface area contributed by atoms with Crippen molar-refractivity contribution < 1.29 is 19.1 Å². The van der Waals surface area contributed by atoms with Crippen LogP contribution in [-0.4, -0.2) is 52.8 Å². The third kappa shape index (κ3) is 2.57. The van der Waals surface area contributed by atoms with Gasteiger partial charge in [-0.15, -0.1) is 0 Å². The molecule has 1 aromatic carbocycles. The number of amides is 2. The summed E-state index contributed by atoms with van der Waals surface area (Å²) in [6.45, 7) is -0.171. The number of hydrogen-bond donors (Lipinski definition) is 2. The standard InChI is InChI=1S/C21H23N3O4/c25-11-17(26)24-16-7-2-1-6-14(16)23-15-10-22-21(27)18(15)19(24)13-5-3-4-12-8-9-28-20(12)13/h3-5,8-9,14,16,18-19,25H,1-2,6-7,10-11H2,(H,22,27)/t14-,16-,18?,19-/m1/s1. The predicted molar refractivity (Wildman–Crippen MR) is 103 cm³/mol. The van der Waals surface area contributed by atoms with Crippen LogP contribution >= 0.6 is 0 Å². The Morgan fingerprint density at radius 3 is 3.00 bits per heavy atom. The number of aliphatic hydroxyl groups is 1. The summed E-state index contributed by atoms with van der Waals surface area (Å²) in [5.74, 6) is -1.04. The van der Waals surface area contributed by atoms with E-state index in [1.807, 2.05) is 24.3 Å². The fraction of sp³-hybridized carbons (Fsp3) is 0.476. The van der Waals surface area contributed by atoms with Gasteiger partial charge in [0.1, 0.15) is 18.1 Å². The van der Waals surface area contributed by atoms with Crippen LogP contribution < -0.4 is 5.32 Å². The minimum atomic E-state index is -0.586. The van der Waals surface area contributed by atoms with Gasteiger partial charge in [-0.25, -0.2) is 0 Å². The molecular formula is C21H23N3O4. The van der Waals surface area contributed by atoms with Crippen LogP contribution in [0.3, 0.4) is 0 Å². The van der Waals surface area contributed by atoms with Gasteiger partial charge in [0, 0.05) is 16.7 Å². The Hall–Kier alpha value is -2.67. The van der Waals surface area contributed by atoms with Gasteiger partial charge in [-0.1, -0.05) is 31.0 Å². The number of carbonyl (C=O) groups excluding carboxylic acids is 2. The van der Waals surface area contributed by atoms with E-state index in [1.54, 1.807) is 11.2 Å². The zero-order valence-electron chi connectivity index (χ0n) is 15.5. The first-order valence-electron chi connectivity index (χ1n) is 9.91. The van der Waals surface area contributed by atoms with Crippen LogP contribution in [0.5, 0.6) is 0 Å². The topological polar surface area (TPSA) is 95.1 Å². The third-order valence-electron chi connectivity index (χ3n) is 6.33. The quantitative estimate of drug-likeness (QED) is 0.829. The van der Waals surface area contributed by atoms with Gasteiger partial charge in [-0.05, 0) is 18.9 Å². The lowest BCUT2D eigenvalue weighted by Gasteiger charge is -2.42. The highest BCUT2D eigenvalue weighted by molar-refractivity contribution is 6.12. The molecule has 5 rings (SSSR count). The van der Waals surface area contributed by atoms with Gasteiger partial charge in [-0.3, -0.25) is 14.6 Å². The average molecular weight is 381 g/mol. The van der Waals surface area contributed by atoms with Crippen LogP contribution in [0.2, 0.25) is 0 Å². The molecule has 2 N–H and O–H groups in total. The number of para-hydroxylation sites is 1. The highest BCUT2D eigenvalue weighted by atomic mass is 16.3. The van der Waals surface area contributed by atoms with Crippen LogP contribution in [0.15, 0.2) is 39.9 Å². The van der Waals surface area contributed by atoms with Crippen molar-refractivity contribution >= 4 is 28.5 Å². The van der Waals surface area contributed by atoms with E-state index in [-0.39, 0.29) is 23.9 Å². The first-order valence-corrected chi connectivity index (χ1v) is 9.91. The highest BCUT2D eigenvalue weighted by Gasteiger charge is 2.50. The molecule has 0 bridgehead atoms. The number of benzene rings is 1. The Balaban J connectivity index is 1.74. The number of fused-ring (bicyclic) bond motifs is 3. The second kappa shape index (κ2) is 6.74. The van der Waals surface area contributed by atoms with E-state index >= 15 is 0 Å². The molecule has 0 radical (unpaired) electrons. The van der Waals surface area contributed by atoms with Crippen molar-refractivity contribution in [2.75, 3.05) is 13.2 Å². The van der Waals surface area contributed by atoms with E-state index in [1.165, 1.54) is 0 Å². The maximum absolute atomic E-state index is 13.0. The summed E-state index contributed by atoms with van der Waals surface area (Å²) in [6, 6.07) is 6.97. The molecule has 2 aliphatic heterocycles. The molecule has 2 amide bonds. The summed E-state index contributed by atoms with van der Waals surface area (Å²) in [5, 5.41) is 13.6. The smallest absolute Gasteiger partial charge is 0.249 e. The number of rotatable bonds is 2. The summed E-state index contributed by atoms with van der Waals surface area (Å²) in [6.07, 6.45) is 5.41. The van der Waals surface area contributed by atoms with Crippen LogP contribution in [0.4, 0.5) is 0 Å². The van der Waals surface area contributed by atoms with Gasteiger partial charge < -0.3 is 19.7 Å². The lowest BCUT2D eigenvalue weighted by molar-refractivity contribution is -0.142. The Labute approximate surface area is 162 Å². The fourth-order valence-electron chi connectivity index (χ4n) is 5.15. The average Bonchev–Trinajstić information content (AvgIpc) is 3.30. The van der Waals surface area contributed by atoms with Gasteiger partial charge >= 0.3 is 0 Å². The Morgan fingerprint density at radius 2 is 2.14 bits per heavy atom. The van der Waals surface area contributed by atoms with Crippen molar-refractivity contribution in [2.24, 2.45) is 10.9 Å². The van der Waals surface area contributed by atoms with Crippen molar-refractivity contribution in [2.45, 2.75) is 43.8 Å². The predicted octanol–water partition coefficient (Wildman–Crippen LogP) is 1.81. The normalized spacial score (nSPS) is 29.7. The maximum Gasteiger partial charge on any atom is 0.249 e. The SMILES string of the molecule is O=C1NCC2=N[C@@H]3CCCC[C@H]3N(C(=O)CO)[C@H](c3cccc4ccoc34)C12. The molecule has 2 aromatic rings. The molecule has 7 nitrogen and oxygen atoms in total. The van der Waals surface area contributed by atoms with Gasteiger partial charge in [0.15, 0.2) is 0 Å². The Bertz CT molecular complexity index is 965. The van der Waals surface area contributed by atoms with E-state index < -0.39 is 18.6 Å². The molecule has 7 heteroatoms. The van der Waals surface area contributed by atoms with Crippen molar-refractivity contribution in [3.05, 3.63) is 36.1 Å². The molecule has 1 unspecified atom stereocenters. The first-order chi connectivity index (χ1) is 13.7. The molecular weight excluding hydrogens is 358 g/mol. The summed E-state index contributed by atoms with van der Waals surface area (Å²) in [5.41, 5.74) is 2.28. The summed E-state index contributed by atoms with van der Waals surface area (Å²) < 4.78 is 5.75. The largest absolute Gasteiger partial charge is 0.464 e. The van der Waals surface area contributed by atoms with E-state index in [9.17, 15) is 14.7 Å². The molecule has 2 fully saturated rings. The Morgan fingerprint density at radius 1 is 1.29 bits per heavy atom. The number of aliphatic imine (C=N–C) groups is 1. The number of nitrogens with one attached hydrogen (secondary N) is 1. The third-order valence-corrected chi connectivity index (χ3v) is 6.33. The highest BCUT2D eigenvalue weighted by Crippen LogP contribution is 2.43. The van der Waals surface area contributed by atoms with Crippen molar-refractivity contribution in [3.63, 3.8) is 0 Å². The molecule has 146 valence electrons. The van der Waals surface area contributed by atoms with E-state index in [4.69, 9.17) is 9.41 Å². The van der Waals surface area contributed by atoms with Gasteiger partial charge in [0.2, 0.25) is 11.8 Å². The van der Waals surface area contributed by atoms with E-state index in [0.717, 1.165) is 42.3 Å². The monoisotopic (exact) mass is 381 g/mol. The van der Waals surface area contributed by atoms with Gasteiger partial charge in [-0.2, -0.15) is 0 Å². The summed E-state index contributed by atoms with van der Waals surface area (Å²) in [4.78, 5) is 32.5. The van der Waals surface area contributed by atoms with Gasteiger partial charge in [0.25, 0.3) is 0 Å². The number of nitrogens with zero attached hydrogens (tertiary/aromatic N) is 2. The molecule has 1 saturated carbocycles. The molecule has 3 heterocycles. The summed E-state index contributed by atoms with van der Waals surface area (Å²) in [7, 11) is 0. The van der Waals surface area contributed by atoms with Crippen molar-refractivity contribution in [3.8, 4) is 0 Å². The second-order valence-corrected chi connectivity index (χ2v) is 7.83. The number of carbonyl (C=O) groups is 2. The van der Waals surface area contributed by atoms with Gasteiger partial charge in [0.05, 0.1) is 30.9 Å². The molecule has 4 atom stereocenters.